The summed E-state index contributed by atoms with van der Waals surface area (Å²) in [4.78, 5) is 36.2. The average Bonchev–Trinajstić information content (AvgIpc) is 2.71. The van der Waals surface area contributed by atoms with Crippen molar-refractivity contribution in [2.45, 2.75) is 51.4 Å². The fraction of sp³-hybridized carbons (Fsp3) is 0.750. The molecule has 0 radical (unpaired) electrons. The van der Waals surface area contributed by atoms with Crippen LogP contribution in [0.5, 0.6) is 0 Å². The summed E-state index contributed by atoms with van der Waals surface area (Å²) in [6.45, 7) is 3.62. The minimum absolute atomic E-state index is 0.0912. The van der Waals surface area contributed by atoms with Gasteiger partial charge in [0.2, 0.25) is 0 Å². The van der Waals surface area contributed by atoms with Gasteiger partial charge < -0.3 is 9.84 Å². The number of fused-ring (bicyclic) bond motifs is 2. The Hall–Kier alpha value is -1.43. The van der Waals surface area contributed by atoms with E-state index in [1.807, 2.05) is 13.8 Å². The van der Waals surface area contributed by atoms with E-state index in [2.05, 4.69) is 0 Å². The number of nitrogens with zero attached hydrogens (tertiary/aromatic N) is 1. The number of carbonyl (C=O) groups excluding carboxylic acids is 2. The summed E-state index contributed by atoms with van der Waals surface area (Å²) in [5, 5.41) is 8.90. The average molecular weight is 255 g/mol. The Balaban J connectivity index is 2.25. The van der Waals surface area contributed by atoms with Crippen molar-refractivity contribution >= 4 is 17.8 Å². The number of ether oxygens (including phenoxy) is 1. The van der Waals surface area contributed by atoms with E-state index in [0.29, 0.717) is 12.8 Å². The third kappa shape index (κ3) is 2.12. The molecule has 2 bridgehead atoms. The maximum absolute atomic E-state index is 12.1. The molecule has 18 heavy (non-hydrogen) atoms. The highest BCUT2D eigenvalue weighted by Crippen LogP contribution is 2.31. The molecule has 2 aliphatic heterocycles. The molecule has 100 valence electrons. The smallest absolute Gasteiger partial charge is 0.305 e. The summed E-state index contributed by atoms with van der Waals surface area (Å²) in [6.07, 6.45) is -0.257. The van der Waals surface area contributed by atoms with Gasteiger partial charge in [0.15, 0.2) is 0 Å². The summed E-state index contributed by atoms with van der Waals surface area (Å²) in [5.74, 6) is -1.86. The molecule has 1 N–H and O–H groups in total. The normalized spacial score (nSPS) is 28.9. The second-order valence-corrected chi connectivity index (χ2v) is 5.15. The van der Waals surface area contributed by atoms with Gasteiger partial charge in [-0.15, -0.1) is 0 Å². The molecule has 2 amide bonds. The maximum atomic E-state index is 12.1. The quantitative estimate of drug-likeness (QED) is 0.735. The number of hydrogen-bond acceptors (Lipinski definition) is 4. The molecule has 2 rings (SSSR count). The number of likely N-dealkylation sites (tertiary alicyclic amines) is 1. The molecule has 2 aliphatic rings. The van der Waals surface area contributed by atoms with Crippen LogP contribution in [0, 0.1) is 5.92 Å². The highest BCUT2D eigenvalue weighted by atomic mass is 16.5. The number of carboxylic acid groups (broad SMARTS) is 1. The lowest BCUT2D eigenvalue weighted by Crippen LogP contribution is -2.57. The second kappa shape index (κ2) is 4.68. The number of morpholine rings is 1. The van der Waals surface area contributed by atoms with Gasteiger partial charge in [0.1, 0.15) is 12.2 Å². The SMILES string of the molecule is CC(C)C(CC(=O)O)N1C(=O)C2CCC(O2)C1=O. The maximum Gasteiger partial charge on any atom is 0.305 e. The molecular formula is C12H17NO5. The van der Waals surface area contributed by atoms with E-state index in [9.17, 15) is 14.4 Å². The van der Waals surface area contributed by atoms with Gasteiger partial charge in [0.25, 0.3) is 11.8 Å². The van der Waals surface area contributed by atoms with E-state index in [1.54, 1.807) is 0 Å². The molecule has 0 aromatic rings. The van der Waals surface area contributed by atoms with E-state index in [0.717, 1.165) is 4.90 Å². The molecule has 0 aliphatic carbocycles. The molecule has 0 aromatic carbocycles. The van der Waals surface area contributed by atoms with Crippen molar-refractivity contribution in [2.75, 3.05) is 0 Å². The van der Waals surface area contributed by atoms with Gasteiger partial charge in [0.05, 0.1) is 12.5 Å². The van der Waals surface area contributed by atoms with Crippen LogP contribution < -0.4 is 0 Å². The van der Waals surface area contributed by atoms with Gasteiger partial charge in [-0.05, 0) is 18.8 Å². The van der Waals surface area contributed by atoms with Crippen molar-refractivity contribution in [1.29, 1.82) is 0 Å². The number of aliphatic carboxylic acids is 1. The first kappa shape index (κ1) is 13.0. The van der Waals surface area contributed by atoms with Gasteiger partial charge in [-0.2, -0.15) is 0 Å². The van der Waals surface area contributed by atoms with Gasteiger partial charge >= 0.3 is 5.97 Å². The molecule has 2 heterocycles. The van der Waals surface area contributed by atoms with Gasteiger partial charge in [-0.25, -0.2) is 0 Å². The van der Waals surface area contributed by atoms with Crippen LogP contribution in [0.25, 0.3) is 0 Å². The topological polar surface area (TPSA) is 83.9 Å². The Morgan fingerprint density at radius 2 is 1.83 bits per heavy atom. The fourth-order valence-electron chi connectivity index (χ4n) is 2.55. The van der Waals surface area contributed by atoms with Crippen molar-refractivity contribution in [3.05, 3.63) is 0 Å². The second-order valence-electron chi connectivity index (χ2n) is 5.15. The van der Waals surface area contributed by atoms with Crippen LogP contribution >= 0.6 is 0 Å². The predicted octanol–water partition coefficient (Wildman–Crippen LogP) is 0.402. The molecule has 0 aromatic heterocycles. The first-order valence-corrected chi connectivity index (χ1v) is 6.16. The van der Waals surface area contributed by atoms with Gasteiger partial charge in [-0.1, -0.05) is 13.8 Å². The van der Waals surface area contributed by atoms with Crippen molar-refractivity contribution in [3.63, 3.8) is 0 Å². The largest absolute Gasteiger partial charge is 0.481 e. The van der Waals surface area contributed by atoms with E-state index < -0.39 is 24.2 Å². The van der Waals surface area contributed by atoms with Crippen LogP contribution in [0.4, 0.5) is 0 Å². The number of carboxylic acids is 1. The lowest BCUT2D eigenvalue weighted by molar-refractivity contribution is -0.173. The summed E-state index contributed by atoms with van der Waals surface area (Å²) in [7, 11) is 0. The highest BCUT2D eigenvalue weighted by Gasteiger charge is 2.49. The number of amides is 2. The zero-order chi connectivity index (χ0) is 13.4. The first-order chi connectivity index (χ1) is 8.41. The Kier molecular flexibility index (Phi) is 3.38. The molecular weight excluding hydrogens is 238 g/mol. The van der Waals surface area contributed by atoms with Crippen molar-refractivity contribution < 1.29 is 24.2 Å². The van der Waals surface area contributed by atoms with Gasteiger partial charge in [0, 0.05) is 0 Å². The van der Waals surface area contributed by atoms with E-state index in [4.69, 9.17) is 9.84 Å². The van der Waals surface area contributed by atoms with Crippen LogP contribution in [0.15, 0.2) is 0 Å². The highest BCUT2D eigenvalue weighted by molar-refractivity contribution is 6.03. The number of rotatable bonds is 4. The van der Waals surface area contributed by atoms with E-state index in [-0.39, 0.29) is 24.2 Å². The Bertz CT molecular complexity index is 370. The lowest BCUT2D eigenvalue weighted by atomic mass is 9.97. The monoisotopic (exact) mass is 255 g/mol. The zero-order valence-corrected chi connectivity index (χ0v) is 10.5. The van der Waals surface area contributed by atoms with Crippen molar-refractivity contribution in [3.8, 4) is 0 Å². The molecule has 6 nitrogen and oxygen atoms in total. The standard InChI is InChI=1S/C12H17NO5/c1-6(2)7(5-10(14)15)13-11(16)8-3-4-9(18-8)12(13)17/h6-9H,3-5H2,1-2H3,(H,14,15). The van der Waals surface area contributed by atoms with Crippen molar-refractivity contribution in [2.24, 2.45) is 5.92 Å². The summed E-state index contributed by atoms with van der Waals surface area (Å²) in [6, 6.07) is -0.588. The minimum Gasteiger partial charge on any atom is -0.481 e. The molecule has 3 atom stereocenters. The molecule has 0 saturated carbocycles. The van der Waals surface area contributed by atoms with Crippen LogP contribution in [-0.2, 0) is 19.1 Å². The van der Waals surface area contributed by atoms with Gasteiger partial charge in [-0.3, -0.25) is 19.3 Å². The van der Waals surface area contributed by atoms with Crippen LogP contribution in [0.2, 0.25) is 0 Å². The summed E-state index contributed by atoms with van der Waals surface area (Å²) >= 11 is 0. The molecule has 6 heteroatoms. The van der Waals surface area contributed by atoms with Crippen LogP contribution in [0.1, 0.15) is 33.1 Å². The molecule has 2 fully saturated rings. The zero-order valence-electron chi connectivity index (χ0n) is 10.5. The molecule has 3 unspecified atom stereocenters. The number of carbonyl (C=O) groups is 3. The third-order valence-corrected chi connectivity index (χ3v) is 3.53. The summed E-state index contributed by atoms with van der Waals surface area (Å²) in [5.41, 5.74) is 0. The summed E-state index contributed by atoms with van der Waals surface area (Å²) < 4.78 is 5.30. The van der Waals surface area contributed by atoms with Crippen molar-refractivity contribution in [1.82, 2.24) is 4.90 Å². The lowest BCUT2D eigenvalue weighted by Gasteiger charge is -2.37. The predicted molar refractivity (Wildman–Crippen MR) is 60.6 cm³/mol. The minimum atomic E-state index is -1.01. The van der Waals surface area contributed by atoms with E-state index >= 15 is 0 Å². The number of imide groups is 1. The molecule has 2 saturated heterocycles. The number of hydrogen-bond donors (Lipinski definition) is 1. The fourth-order valence-corrected chi connectivity index (χ4v) is 2.55. The Labute approximate surface area is 105 Å². The van der Waals surface area contributed by atoms with Crippen LogP contribution in [-0.4, -0.2) is 46.0 Å². The molecule has 0 spiro atoms. The first-order valence-electron chi connectivity index (χ1n) is 6.16. The Morgan fingerprint density at radius 1 is 1.33 bits per heavy atom. The third-order valence-electron chi connectivity index (χ3n) is 3.53. The Morgan fingerprint density at radius 3 is 2.22 bits per heavy atom. The van der Waals surface area contributed by atoms with Crippen LogP contribution in [0.3, 0.4) is 0 Å². The van der Waals surface area contributed by atoms with E-state index in [1.165, 1.54) is 0 Å².